The summed E-state index contributed by atoms with van der Waals surface area (Å²) in [4.78, 5) is 10.1. The van der Waals surface area contributed by atoms with Gasteiger partial charge >= 0.3 is 6.16 Å². The molecule has 12 heavy (non-hydrogen) atoms. The fourth-order valence-corrected chi connectivity index (χ4v) is 1.50. The smallest absolute Gasteiger partial charge is 0.450 e. The average molecular weight is 461 g/mol. The van der Waals surface area contributed by atoms with Crippen molar-refractivity contribution in [2.24, 2.45) is 0 Å². The number of hydrogen-bond donors (Lipinski definition) is 1. The molecule has 0 aromatic rings. The number of alkyl halides is 3. The molecule has 0 radical (unpaired) electrons. The summed E-state index contributed by atoms with van der Waals surface area (Å²) in [7, 11) is 0. The van der Waals surface area contributed by atoms with Crippen LogP contribution >= 0.6 is 61.1 Å². The first kappa shape index (κ1) is 12.9. The van der Waals surface area contributed by atoms with E-state index in [9.17, 15) is 4.79 Å². The Morgan fingerprint density at radius 2 is 2.33 bits per heavy atom. The number of rotatable bonds is 4. The van der Waals surface area contributed by atoms with Crippen LogP contribution in [-0.2, 0) is 4.74 Å². The minimum Gasteiger partial charge on any atom is -0.450 e. The van der Waals surface area contributed by atoms with Gasteiger partial charge in [-0.05, 0) is 15.9 Å². The van der Waals surface area contributed by atoms with Crippen molar-refractivity contribution in [2.45, 2.75) is 8.94 Å². The van der Waals surface area contributed by atoms with Crippen LogP contribution < -0.4 is 0 Å². The summed E-state index contributed by atoms with van der Waals surface area (Å²) in [6.45, 7) is 0. The Kier molecular flexibility index (Phi) is 7.95. The van der Waals surface area contributed by atoms with Crippen LogP contribution in [0.4, 0.5) is 4.79 Å². The van der Waals surface area contributed by atoms with Crippen LogP contribution in [0.3, 0.4) is 0 Å². The Hall–Kier alpha value is 0.950. The summed E-state index contributed by atoms with van der Waals surface area (Å²) in [5.41, 5.74) is 0. The lowest BCUT2D eigenvalue weighted by Gasteiger charge is -2.11. The van der Waals surface area contributed by atoms with Gasteiger partial charge in [0.05, 0.1) is 3.92 Å². The molecule has 0 aliphatic heterocycles. The summed E-state index contributed by atoms with van der Waals surface area (Å²) >= 11 is 7.42. The highest BCUT2D eigenvalue weighted by Gasteiger charge is 2.16. The molecule has 2 atom stereocenters. The first-order chi connectivity index (χ1) is 5.57. The molecule has 0 amide bonds. The normalized spacial score (nSPS) is 15.9. The van der Waals surface area contributed by atoms with Gasteiger partial charge < -0.3 is 9.84 Å². The van der Waals surface area contributed by atoms with Gasteiger partial charge in [0.2, 0.25) is 0 Å². The minimum atomic E-state index is -1.26. The lowest BCUT2D eigenvalue weighted by molar-refractivity contribution is 0.0871. The van der Waals surface area contributed by atoms with Crippen LogP contribution in [0.2, 0.25) is 0 Å². The lowest BCUT2D eigenvalue weighted by Crippen LogP contribution is -2.18. The fraction of sp³-hybridized carbons (Fsp3) is 0.500. The van der Waals surface area contributed by atoms with Gasteiger partial charge in [0.15, 0.2) is 5.01 Å². The first-order valence-electron chi connectivity index (χ1n) is 2.98. The van der Waals surface area contributed by atoms with Crippen LogP contribution in [0.1, 0.15) is 0 Å². The van der Waals surface area contributed by atoms with E-state index in [-0.39, 0.29) is 3.92 Å². The number of halogens is 3. The van der Waals surface area contributed by atoms with Crippen molar-refractivity contribution in [3.63, 3.8) is 0 Å². The first-order valence-corrected chi connectivity index (χ1v) is 6.67. The van der Waals surface area contributed by atoms with Crippen molar-refractivity contribution in [1.82, 2.24) is 0 Å². The SMILES string of the molecule is O=C(O)OC(Br)C(I)C=CCI. The summed E-state index contributed by atoms with van der Waals surface area (Å²) in [5, 5.41) is 7.80. The summed E-state index contributed by atoms with van der Waals surface area (Å²) in [6, 6.07) is 0. The van der Waals surface area contributed by atoms with Crippen molar-refractivity contribution < 1.29 is 14.6 Å². The van der Waals surface area contributed by atoms with Crippen molar-refractivity contribution in [3.8, 4) is 0 Å². The maximum atomic E-state index is 10.1. The quantitative estimate of drug-likeness (QED) is 0.303. The van der Waals surface area contributed by atoms with Gasteiger partial charge in [-0.3, -0.25) is 0 Å². The second-order valence-electron chi connectivity index (χ2n) is 1.76. The van der Waals surface area contributed by atoms with Gasteiger partial charge in [-0.25, -0.2) is 4.79 Å². The second kappa shape index (κ2) is 7.36. The van der Waals surface area contributed by atoms with E-state index < -0.39 is 11.2 Å². The number of ether oxygens (including phenoxy) is 1. The molecule has 70 valence electrons. The Labute approximate surface area is 106 Å². The van der Waals surface area contributed by atoms with Crippen LogP contribution in [-0.4, -0.2) is 24.6 Å². The van der Waals surface area contributed by atoms with Gasteiger partial charge in [0.25, 0.3) is 0 Å². The van der Waals surface area contributed by atoms with Gasteiger partial charge in [-0.15, -0.1) is 0 Å². The van der Waals surface area contributed by atoms with E-state index in [4.69, 9.17) is 5.11 Å². The molecule has 1 N–H and O–H groups in total. The van der Waals surface area contributed by atoms with Crippen molar-refractivity contribution in [1.29, 1.82) is 0 Å². The zero-order valence-corrected chi connectivity index (χ0v) is 11.8. The molecule has 6 heteroatoms. The van der Waals surface area contributed by atoms with E-state index in [0.717, 1.165) is 4.43 Å². The van der Waals surface area contributed by atoms with Crippen molar-refractivity contribution in [3.05, 3.63) is 12.2 Å². The minimum absolute atomic E-state index is 0.0217. The van der Waals surface area contributed by atoms with Crippen LogP contribution in [0.15, 0.2) is 12.2 Å². The molecular formula is C6H7BrI2O3. The zero-order valence-electron chi connectivity index (χ0n) is 5.91. The van der Waals surface area contributed by atoms with Gasteiger partial charge in [-0.1, -0.05) is 57.3 Å². The maximum absolute atomic E-state index is 10.1. The average Bonchev–Trinajstić information content (AvgIpc) is 1.98. The molecule has 0 aromatic carbocycles. The van der Waals surface area contributed by atoms with E-state index in [2.05, 4.69) is 65.8 Å². The van der Waals surface area contributed by atoms with Crippen LogP contribution in [0, 0.1) is 0 Å². The summed E-state index contributed by atoms with van der Waals surface area (Å²) in [6.07, 6.45) is 2.59. The molecule has 0 saturated heterocycles. The Balaban J connectivity index is 3.83. The van der Waals surface area contributed by atoms with E-state index in [1.54, 1.807) is 0 Å². The third kappa shape index (κ3) is 6.46. The Morgan fingerprint density at radius 1 is 1.75 bits per heavy atom. The number of carboxylic acid groups (broad SMARTS) is 1. The predicted octanol–water partition coefficient (Wildman–Crippen LogP) is 3.20. The number of carbonyl (C=O) groups is 1. The van der Waals surface area contributed by atoms with Gasteiger partial charge in [0.1, 0.15) is 0 Å². The fourth-order valence-electron chi connectivity index (χ4n) is 0.430. The van der Waals surface area contributed by atoms with Gasteiger partial charge in [0, 0.05) is 4.43 Å². The molecule has 0 rings (SSSR count). The van der Waals surface area contributed by atoms with E-state index in [1.807, 2.05) is 12.2 Å². The molecule has 0 aliphatic rings. The van der Waals surface area contributed by atoms with E-state index in [1.165, 1.54) is 0 Å². The van der Waals surface area contributed by atoms with E-state index >= 15 is 0 Å². The lowest BCUT2D eigenvalue weighted by atomic mass is 10.4. The van der Waals surface area contributed by atoms with Crippen LogP contribution in [0.5, 0.6) is 0 Å². The number of hydrogen-bond acceptors (Lipinski definition) is 2. The molecule has 0 aromatic heterocycles. The highest BCUT2D eigenvalue weighted by molar-refractivity contribution is 14.1. The molecule has 0 saturated carbocycles. The second-order valence-corrected chi connectivity index (χ2v) is 4.98. The molecule has 0 bridgehead atoms. The molecule has 3 nitrogen and oxygen atoms in total. The third-order valence-electron chi connectivity index (χ3n) is 0.873. The number of allylic oxidation sites excluding steroid dienone is 1. The van der Waals surface area contributed by atoms with Gasteiger partial charge in [-0.2, -0.15) is 0 Å². The highest BCUT2D eigenvalue weighted by atomic mass is 127. The molecular weight excluding hydrogens is 454 g/mol. The monoisotopic (exact) mass is 460 g/mol. The zero-order chi connectivity index (χ0) is 9.56. The van der Waals surface area contributed by atoms with Crippen molar-refractivity contribution >= 4 is 67.3 Å². The molecule has 0 heterocycles. The predicted molar refractivity (Wildman–Crippen MR) is 67.7 cm³/mol. The topological polar surface area (TPSA) is 46.5 Å². The molecule has 0 spiro atoms. The van der Waals surface area contributed by atoms with Crippen LogP contribution in [0.25, 0.3) is 0 Å². The Bertz CT molecular complexity index is 174. The maximum Gasteiger partial charge on any atom is 0.506 e. The highest BCUT2D eigenvalue weighted by Crippen LogP contribution is 2.17. The molecule has 0 fully saturated rings. The summed E-state index contributed by atoms with van der Waals surface area (Å²) < 4.78 is 5.41. The third-order valence-corrected chi connectivity index (χ3v) is 4.19. The largest absolute Gasteiger partial charge is 0.506 e. The summed E-state index contributed by atoms with van der Waals surface area (Å²) in [5.74, 6) is 0. The Morgan fingerprint density at radius 3 is 2.75 bits per heavy atom. The van der Waals surface area contributed by atoms with E-state index in [0.29, 0.717) is 0 Å². The molecule has 2 unspecified atom stereocenters. The van der Waals surface area contributed by atoms with Crippen molar-refractivity contribution in [2.75, 3.05) is 4.43 Å². The molecule has 0 aliphatic carbocycles. The standard InChI is InChI=1S/C6H7BrI2O3/c7-5(12-6(10)11)4(9)2-1-3-8/h1-2,4-5H,3H2,(H,10,11).